The van der Waals surface area contributed by atoms with Crippen LogP contribution < -0.4 is 16.2 Å². The lowest BCUT2D eigenvalue weighted by Crippen LogP contribution is -2.38. The first kappa shape index (κ1) is 16.1. The van der Waals surface area contributed by atoms with Crippen molar-refractivity contribution in [1.82, 2.24) is 4.90 Å². The number of sulfonamides is 1. The topological polar surface area (TPSA) is 101 Å². The van der Waals surface area contributed by atoms with Crippen LogP contribution in [0.4, 0.5) is 11.4 Å². The summed E-state index contributed by atoms with van der Waals surface area (Å²) >= 11 is 0. The second-order valence-corrected chi connectivity index (χ2v) is 7.30. The average molecular weight is 312 g/mol. The molecule has 1 heterocycles. The molecule has 0 aromatic heterocycles. The summed E-state index contributed by atoms with van der Waals surface area (Å²) in [5, 5.41) is 8.46. The lowest BCUT2D eigenvalue weighted by atomic mass is 10.1. The molecule has 6 nitrogen and oxygen atoms in total. The molecular formula is C14H24N4O2S. The van der Waals surface area contributed by atoms with Gasteiger partial charge in [0.2, 0.25) is 10.0 Å². The third-order valence-corrected chi connectivity index (χ3v) is 4.54. The molecule has 1 aliphatic rings. The Morgan fingerprint density at radius 2 is 1.90 bits per heavy atom. The van der Waals surface area contributed by atoms with Crippen molar-refractivity contribution in [3.8, 4) is 0 Å². The molecule has 2 rings (SSSR count). The van der Waals surface area contributed by atoms with E-state index in [0.717, 1.165) is 19.6 Å². The SMILES string of the molecule is CC(CN1CCCCC1)Nc1cc(N)cc(S(N)(=O)=O)c1. The van der Waals surface area contributed by atoms with Gasteiger partial charge in [-0.1, -0.05) is 6.42 Å². The summed E-state index contributed by atoms with van der Waals surface area (Å²) in [6.07, 6.45) is 3.81. The predicted octanol–water partition coefficient (Wildman–Crippen LogP) is 1.20. The van der Waals surface area contributed by atoms with Gasteiger partial charge in [0.05, 0.1) is 4.90 Å². The molecule has 0 saturated carbocycles. The summed E-state index contributed by atoms with van der Waals surface area (Å²) < 4.78 is 22.9. The summed E-state index contributed by atoms with van der Waals surface area (Å²) in [5.74, 6) is 0. The van der Waals surface area contributed by atoms with Gasteiger partial charge in [0.15, 0.2) is 0 Å². The van der Waals surface area contributed by atoms with Crippen LogP contribution in [-0.2, 0) is 10.0 Å². The van der Waals surface area contributed by atoms with Crippen molar-refractivity contribution in [1.29, 1.82) is 0 Å². The maximum Gasteiger partial charge on any atom is 0.238 e. The Labute approximate surface area is 126 Å². The van der Waals surface area contributed by atoms with Gasteiger partial charge in [0, 0.05) is 24.0 Å². The summed E-state index contributed by atoms with van der Waals surface area (Å²) in [4.78, 5) is 2.46. The number of likely N-dealkylation sites (tertiary alicyclic amines) is 1. The molecular weight excluding hydrogens is 288 g/mol. The molecule has 0 aliphatic carbocycles. The number of rotatable bonds is 5. The maximum absolute atomic E-state index is 11.4. The lowest BCUT2D eigenvalue weighted by Gasteiger charge is -2.29. The highest BCUT2D eigenvalue weighted by Gasteiger charge is 2.15. The highest BCUT2D eigenvalue weighted by molar-refractivity contribution is 7.89. The molecule has 21 heavy (non-hydrogen) atoms. The van der Waals surface area contributed by atoms with Crippen molar-refractivity contribution in [2.24, 2.45) is 5.14 Å². The maximum atomic E-state index is 11.4. The van der Waals surface area contributed by atoms with Crippen LogP contribution in [0.5, 0.6) is 0 Å². The molecule has 1 unspecified atom stereocenters. The number of nitrogens with two attached hydrogens (primary N) is 2. The number of nitrogen functional groups attached to an aromatic ring is 1. The number of benzene rings is 1. The minimum atomic E-state index is -3.74. The van der Waals surface area contributed by atoms with Gasteiger partial charge in [-0.3, -0.25) is 0 Å². The van der Waals surface area contributed by atoms with Crippen LogP contribution in [0.25, 0.3) is 0 Å². The molecule has 1 aromatic rings. The monoisotopic (exact) mass is 312 g/mol. The Bertz CT molecular complexity index is 583. The highest BCUT2D eigenvalue weighted by Crippen LogP contribution is 2.20. The highest BCUT2D eigenvalue weighted by atomic mass is 32.2. The van der Waals surface area contributed by atoms with Crippen molar-refractivity contribution in [3.05, 3.63) is 18.2 Å². The Morgan fingerprint density at radius 3 is 2.52 bits per heavy atom. The zero-order valence-corrected chi connectivity index (χ0v) is 13.2. The zero-order chi connectivity index (χ0) is 15.5. The molecule has 0 spiro atoms. The summed E-state index contributed by atoms with van der Waals surface area (Å²) in [6, 6.07) is 4.83. The molecule has 1 aromatic carbocycles. The minimum absolute atomic E-state index is 0.0372. The van der Waals surface area contributed by atoms with Crippen LogP contribution in [0.2, 0.25) is 0 Å². The van der Waals surface area contributed by atoms with Gasteiger partial charge in [-0.05, 0) is 51.1 Å². The van der Waals surface area contributed by atoms with E-state index in [-0.39, 0.29) is 10.9 Å². The van der Waals surface area contributed by atoms with E-state index in [1.807, 2.05) is 0 Å². The van der Waals surface area contributed by atoms with Gasteiger partial charge in [-0.2, -0.15) is 0 Å². The fourth-order valence-corrected chi connectivity index (χ4v) is 3.32. The first-order valence-corrected chi connectivity index (χ1v) is 8.81. The van der Waals surface area contributed by atoms with E-state index in [2.05, 4.69) is 17.1 Å². The van der Waals surface area contributed by atoms with Crippen molar-refractivity contribution in [3.63, 3.8) is 0 Å². The van der Waals surface area contributed by atoms with Gasteiger partial charge in [-0.25, -0.2) is 13.6 Å². The summed E-state index contributed by atoms with van der Waals surface area (Å²) in [5.41, 5.74) is 6.81. The van der Waals surface area contributed by atoms with Crippen LogP contribution in [0, 0.1) is 0 Å². The van der Waals surface area contributed by atoms with E-state index in [9.17, 15) is 8.42 Å². The summed E-state index contributed by atoms with van der Waals surface area (Å²) in [7, 11) is -3.74. The smallest absolute Gasteiger partial charge is 0.238 e. The number of hydrogen-bond donors (Lipinski definition) is 3. The van der Waals surface area contributed by atoms with Gasteiger partial charge in [-0.15, -0.1) is 0 Å². The molecule has 0 radical (unpaired) electrons. The molecule has 7 heteroatoms. The number of piperidine rings is 1. The van der Waals surface area contributed by atoms with E-state index in [1.54, 1.807) is 6.07 Å². The lowest BCUT2D eigenvalue weighted by molar-refractivity contribution is 0.223. The molecule has 1 fully saturated rings. The van der Waals surface area contributed by atoms with Crippen LogP contribution >= 0.6 is 0 Å². The van der Waals surface area contributed by atoms with Crippen LogP contribution in [-0.4, -0.2) is 39.0 Å². The third-order valence-electron chi connectivity index (χ3n) is 3.65. The van der Waals surface area contributed by atoms with E-state index in [1.165, 1.54) is 31.4 Å². The first-order valence-electron chi connectivity index (χ1n) is 7.27. The van der Waals surface area contributed by atoms with Gasteiger partial charge in [0.25, 0.3) is 0 Å². The number of nitrogens with zero attached hydrogens (tertiary/aromatic N) is 1. The van der Waals surface area contributed by atoms with Crippen molar-refractivity contribution in [2.45, 2.75) is 37.1 Å². The van der Waals surface area contributed by atoms with Crippen molar-refractivity contribution < 1.29 is 8.42 Å². The fourth-order valence-electron chi connectivity index (χ4n) is 2.73. The molecule has 1 atom stereocenters. The Morgan fingerprint density at radius 1 is 1.24 bits per heavy atom. The van der Waals surface area contributed by atoms with Gasteiger partial charge < -0.3 is 16.0 Å². The van der Waals surface area contributed by atoms with Crippen LogP contribution in [0.3, 0.4) is 0 Å². The molecule has 0 amide bonds. The molecule has 1 saturated heterocycles. The normalized spacial score (nSPS) is 18.4. The molecule has 1 aliphatic heterocycles. The van der Waals surface area contributed by atoms with E-state index in [0.29, 0.717) is 11.4 Å². The Balaban J connectivity index is 2.03. The van der Waals surface area contributed by atoms with E-state index in [4.69, 9.17) is 10.9 Å². The standard InChI is InChI=1S/C14H24N4O2S/c1-11(10-18-5-3-2-4-6-18)17-13-7-12(15)8-14(9-13)21(16,19)20/h7-9,11,17H,2-6,10,15H2,1H3,(H2,16,19,20). The Hall–Kier alpha value is -1.31. The van der Waals surface area contributed by atoms with Crippen LogP contribution in [0.1, 0.15) is 26.2 Å². The third kappa shape index (κ3) is 4.87. The van der Waals surface area contributed by atoms with E-state index < -0.39 is 10.0 Å². The number of nitrogens with one attached hydrogen (secondary N) is 1. The Kier molecular flexibility index (Phi) is 5.08. The molecule has 5 N–H and O–H groups in total. The van der Waals surface area contributed by atoms with Crippen molar-refractivity contribution in [2.75, 3.05) is 30.7 Å². The number of hydrogen-bond acceptors (Lipinski definition) is 5. The van der Waals surface area contributed by atoms with Gasteiger partial charge >= 0.3 is 0 Å². The number of primary sulfonamides is 1. The first-order chi connectivity index (χ1) is 9.84. The number of anilines is 2. The fraction of sp³-hybridized carbons (Fsp3) is 0.571. The minimum Gasteiger partial charge on any atom is -0.399 e. The quantitative estimate of drug-likeness (QED) is 0.709. The average Bonchev–Trinajstić information content (AvgIpc) is 2.37. The second kappa shape index (κ2) is 6.64. The molecule has 118 valence electrons. The largest absolute Gasteiger partial charge is 0.399 e. The molecule has 0 bridgehead atoms. The predicted molar refractivity (Wildman–Crippen MR) is 85.6 cm³/mol. The van der Waals surface area contributed by atoms with Crippen LogP contribution in [0.15, 0.2) is 23.1 Å². The van der Waals surface area contributed by atoms with Crippen molar-refractivity contribution >= 4 is 21.4 Å². The summed E-state index contributed by atoms with van der Waals surface area (Å²) in [6.45, 7) is 5.27. The van der Waals surface area contributed by atoms with E-state index >= 15 is 0 Å². The zero-order valence-electron chi connectivity index (χ0n) is 12.4. The second-order valence-electron chi connectivity index (χ2n) is 5.74. The van der Waals surface area contributed by atoms with Gasteiger partial charge in [0.1, 0.15) is 0 Å².